The van der Waals surface area contributed by atoms with Gasteiger partial charge in [-0.15, -0.1) is 0 Å². The van der Waals surface area contributed by atoms with Crippen molar-refractivity contribution >= 4 is 23.2 Å². The predicted octanol–water partition coefficient (Wildman–Crippen LogP) is 4.72. The van der Waals surface area contributed by atoms with Gasteiger partial charge in [-0.25, -0.2) is 9.97 Å². The second kappa shape index (κ2) is 6.08. The first kappa shape index (κ1) is 15.2. The highest BCUT2D eigenvalue weighted by Gasteiger charge is 2.27. The van der Waals surface area contributed by atoms with Crippen LogP contribution in [-0.2, 0) is 10.3 Å². The molecule has 3 nitrogen and oxygen atoms in total. The lowest BCUT2D eigenvalue weighted by atomic mass is 10.1. The molecule has 0 radical (unpaired) electrons. The van der Waals surface area contributed by atoms with Gasteiger partial charge < -0.3 is 4.74 Å². The van der Waals surface area contributed by atoms with Crippen molar-refractivity contribution in [1.29, 1.82) is 0 Å². The summed E-state index contributed by atoms with van der Waals surface area (Å²) >= 11 is 12.6. The van der Waals surface area contributed by atoms with E-state index in [-0.39, 0.29) is 0 Å². The summed E-state index contributed by atoms with van der Waals surface area (Å²) in [6, 6.07) is 9.60. The van der Waals surface area contributed by atoms with E-state index in [2.05, 4.69) is 9.97 Å². The van der Waals surface area contributed by atoms with Crippen molar-refractivity contribution in [1.82, 2.24) is 9.97 Å². The topological polar surface area (TPSA) is 35.0 Å². The molecule has 5 heteroatoms. The average Bonchev–Trinajstić information content (AvgIpc) is 2.39. The Balaban J connectivity index is 2.50. The lowest BCUT2D eigenvalue weighted by Gasteiger charge is -2.23. The molecule has 0 amide bonds. The second-order valence-corrected chi connectivity index (χ2v) is 5.53. The molecule has 106 valence electrons. The van der Waals surface area contributed by atoms with Crippen LogP contribution in [0.5, 0.6) is 0 Å². The summed E-state index contributed by atoms with van der Waals surface area (Å²) in [4.78, 5) is 8.69. The molecule has 2 rings (SSSR count). The summed E-state index contributed by atoms with van der Waals surface area (Å²) in [6.45, 7) is 6.26. The number of hydrogen-bond acceptors (Lipinski definition) is 3. The third-order valence-corrected chi connectivity index (χ3v) is 3.47. The number of aromatic nitrogens is 2. The monoisotopic (exact) mass is 310 g/mol. The zero-order valence-electron chi connectivity index (χ0n) is 11.7. The molecule has 0 fully saturated rings. The van der Waals surface area contributed by atoms with Crippen LogP contribution in [0.2, 0.25) is 10.3 Å². The molecule has 0 unspecified atom stereocenters. The Labute approximate surface area is 128 Å². The maximum Gasteiger partial charge on any atom is 0.163 e. The van der Waals surface area contributed by atoms with E-state index < -0.39 is 5.60 Å². The number of benzene rings is 1. The summed E-state index contributed by atoms with van der Waals surface area (Å²) < 4.78 is 5.63. The highest BCUT2D eigenvalue weighted by atomic mass is 35.5. The van der Waals surface area contributed by atoms with Crippen molar-refractivity contribution in [2.45, 2.75) is 26.4 Å². The first-order chi connectivity index (χ1) is 9.45. The van der Waals surface area contributed by atoms with E-state index in [9.17, 15) is 0 Å². The van der Waals surface area contributed by atoms with E-state index in [0.717, 1.165) is 5.56 Å². The van der Waals surface area contributed by atoms with Crippen LogP contribution < -0.4 is 0 Å². The van der Waals surface area contributed by atoms with Gasteiger partial charge in [0.25, 0.3) is 0 Å². The van der Waals surface area contributed by atoms with Gasteiger partial charge >= 0.3 is 0 Å². The maximum absolute atomic E-state index is 6.28. The largest absolute Gasteiger partial charge is 0.368 e. The van der Waals surface area contributed by atoms with Gasteiger partial charge in [0.15, 0.2) is 5.82 Å². The van der Waals surface area contributed by atoms with Gasteiger partial charge in [0.2, 0.25) is 0 Å². The molecule has 0 aliphatic rings. The van der Waals surface area contributed by atoms with Crippen LogP contribution in [0.1, 0.15) is 26.6 Å². The molecule has 0 aliphatic carbocycles. The van der Waals surface area contributed by atoms with Crippen LogP contribution in [0.15, 0.2) is 30.3 Å². The Morgan fingerprint density at radius 3 is 2.10 bits per heavy atom. The molecule has 2 aromatic rings. The van der Waals surface area contributed by atoms with E-state index in [0.29, 0.717) is 28.3 Å². The minimum atomic E-state index is -0.628. The van der Waals surface area contributed by atoms with Crippen molar-refractivity contribution in [3.63, 3.8) is 0 Å². The van der Waals surface area contributed by atoms with Gasteiger partial charge in [-0.05, 0) is 26.3 Å². The van der Waals surface area contributed by atoms with Crippen molar-refractivity contribution in [2.75, 3.05) is 6.61 Å². The van der Waals surface area contributed by atoms with E-state index in [1.807, 2.05) is 51.1 Å². The zero-order valence-corrected chi connectivity index (χ0v) is 13.2. The summed E-state index contributed by atoms with van der Waals surface area (Å²) in [7, 11) is 0. The lowest BCUT2D eigenvalue weighted by Crippen LogP contribution is -2.25. The fourth-order valence-corrected chi connectivity index (χ4v) is 2.55. The molecule has 1 heterocycles. The van der Waals surface area contributed by atoms with Crippen LogP contribution in [-0.4, -0.2) is 16.6 Å². The fraction of sp³-hybridized carbons (Fsp3) is 0.333. The average molecular weight is 311 g/mol. The number of ether oxygens (including phenoxy) is 1. The van der Waals surface area contributed by atoms with Crippen molar-refractivity contribution in [3.8, 4) is 11.1 Å². The molecule has 0 N–H and O–H groups in total. The normalized spacial score (nSPS) is 11.7. The molecule has 0 atom stereocenters. The Morgan fingerprint density at radius 1 is 1.05 bits per heavy atom. The van der Waals surface area contributed by atoms with Crippen molar-refractivity contribution < 1.29 is 4.74 Å². The predicted molar refractivity (Wildman–Crippen MR) is 82.1 cm³/mol. The van der Waals surface area contributed by atoms with E-state index in [1.165, 1.54) is 0 Å². The summed E-state index contributed by atoms with van der Waals surface area (Å²) in [5.74, 6) is 0.481. The van der Waals surface area contributed by atoms with Crippen LogP contribution in [0.4, 0.5) is 0 Å². The molecule has 1 aromatic heterocycles. The smallest absolute Gasteiger partial charge is 0.163 e. The van der Waals surface area contributed by atoms with Crippen LogP contribution in [0.25, 0.3) is 11.1 Å². The summed E-state index contributed by atoms with van der Waals surface area (Å²) in [6.07, 6.45) is 0. The highest BCUT2D eigenvalue weighted by molar-refractivity contribution is 6.37. The molecule has 0 bridgehead atoms. The fourth-order valence-electron chi connectivity index (χ4n) is 1.95. The van der Waals surface area contributed by atoms with Gasteiger partial charge in [0.05, 0.1) is 5.56 Å². The highest BCUT2D eigenvalue weighted by Crippen LogP contribution is 2.34. The SMILES string of the molecule is CCOC(C)(C)c1nc(Cl)c(-c2ccccc2)c(Cl)n1. The molecule has 0 spiro atoms. The minimum absolute atomic E-state index is 0.332. The number of halogens is 2. The molecule has 0 saturated carbocycles. The Bertz CT molecular complexity index is 577. The maximum atomic E-state index is 6.28. The summed E-state index contributed by atoms with van der Waals surface area (Å²) in [5.41, 5.74) is 0.908. The molecule has 1 aromatic carbocycles. The van der Waals surface area contributed by atoms with Gasteiger partial charge in [-0.1, -0.05) is 53.5 Å². The number of rotatable bonds is 4. The Kier molecular flexibility index (Phi) is 4.63. The first-order valence-corrected chi connectivity index (χ1v) is 7.14. The molecule has 0 aliphatic heterocycles. The molecular weight excluding hydrogens is 295 g/mol. The first-order valence-electron chi connectivity index (χ1n) is 6.38. The lowest BCUT2D eigenvalue weighted by molar-refractivity contribution is -0.0207. The van der Waals surface area contributed by atoms with E-state index in [1.54, 1.807) is 0 Å². The molecule has 20 heavy (non-hydrogen) atoms. The standard InChI is InChI=1S/C15H16Cl2N2O/c1-4-20-15(2,3)14-18-12(16)11(13(17)19-14)10-8-6-5-7-9-10/h5-9H,4H2,1-3H3. The van der Waals surface area contributed by atoms with Gasteiger partial charge in [0, 0.05) is 6.61 Å². The van der Waals surface area contributed by atoms with Crippen LogP contribution >= 0.6 is 23.2 Å². The van der Waals surface area contributed by atoms with Crippen molar-refractivity contribution in [3.05, 3.63) is 46.5 Å². The van der Waals surface area contributed by atoms with Crippen LogP contribution in [0.3, 0.4) is 0 Å². The van der Waals surface area contributed by atoms with E-state index >= 15 is 0 Å². The third kappa shape index (κ3) is 3.11. The van der Waals surface area contributed by atoms with E-state index in [4.69, 9.17) is 27.9 Å². The zero-order chi connectivity index (χ0) is 14.8. The number of hydrogen-bond donors (Lipinski definition) is 0. The Morgan fingerprint density at radius 2 is 1.60 bits per heavy atom. The molecular formula is C15H16Cl2N2O. The quantitative estimate of drug-likeness (QED) is 0.766. The summed E-state index contributed by atoms with van der Waals surface area (Å²) in [5, 5.41) is 0.665. The minimum Gasteiger partial charge on any atom is -0.368 e. The van der Waals surface area contributed by atoms with Gasteiger partial charge in [-0.2, -0.15) is 0 Å². The van der Waals surface area contributed by atoms with Crippen LogP contribution in [0, 0.1) is 0 Å². The van der Waals surface area contributed by atoms with Gasteiger partial charge in [-0.3, -0.25) is 0 Å². The number of nitrogens with zero attached hydrogens (tertiary/aromatic N) is 2. The van der Waals surface area contributed by atoms with Crippen molar-refractivity contribution in [2.24, 2.45) is 0 Å². The second-order valence-electron chi connectivity index (χ2n) is 4.81. The Hall–Kier alpha value is -1.16. The molecule has 0 saturated heterocycles. The third-order valence-electron chi connectivity index (χ3n) is 2.93. The van der Waals surface area contributed by atoms with Gasteiger partial charge in [0.1, 0.15) is 15.9 Å².